The van der Waals surface area contributed by atoms with Gasteiger partial charge < -0.3 is 9.64 Å². The van der Waals surface area contributed by atoms with Crippen LogP contribution in [0.15, 0.2) is 30.3 Å². The summed E-state index contributed by atoms with van der Waals surface area (Å²) in [5, 5.41) is 7.25. The largest absolute Gasteiger partial charge is 0.381 e. The van der Waals surface area contributed by atoms with Crippen LogP contribution in [0.25, 0.3) is 0 Å². The number of H-pyrrole nitrogens is 1. The molecule has 1 aromatic carbocycles. The number of aromatic amines is 1. The molecule has 25 heavy (non-hydrogen) atoms. The highest BCUT2D eigenvalue weighted by atomic mass is 19.1. The zero-order valence-corrected chi connectivity index (χ0v) is 14.1. The van der Waals surface area contributed by atoms with Gasteiger partial charge in [-0.05, 0) is 49.4 Å². The molecule has 1 N–H and O–H groups in total. The van der Waals surface area contributed by atoms with Crippen LogP contribution in [0, 0.1) is 5.82 Å². The van der Waals surface area contributed by atoms with E-state index in [-0.39, 0.29) is 17.8 Å². The van der Waals surface area contributed by atoms with E-state index in [1.807, 2.05) is 11.0 Å². The van der Waals surface area contributed by atoms with E-state index in [9.17, 15) is 9.18 Å². The van der Waals surface area contributed by atoms with Crippen molar-refractivity contribution in [2.45, 2.75) is 44.2 Å². The summed E-state index contributed by atoms with van der Waals surface area (Å²) in [5.74, 6) is 0.191. The molecule has 2 aliphatic rings. The minimum Gasteiger partial charge on any atom is -0.381 e. The van der Waals surface area contributed by atoms with E-state index in [1.54, 1.807) is 12.1 Å². The molecule has 6 heteroatoms. The Morgan fingerprint density at radius 2 is 1.92 bits per heavy atom. The number of nitrogens with zero attached hydrogens (tertiary/aromatic N) is 2. The number of rotatable bonds is 5. The lowest BCUT2D eigenvalue weighted by Gasteiger charge is -2.34. The molecule has 1 aliphatic heterocycles. The maximum Gasteiger partial charge on any atom is 0.274 e. The SMILES string of the molecule is O=C(c1cc(C2CC2)[nH]n1)N(Cc1ccc(F)cc1)C1CCOCC1. The summed E-state index contributed by atoms with van der Waals surface area (Å²) in [7, 11) is 0. The van der Waals surface area contributed by atoms with E-state index in [0.29, 0.717) is 31.4 Å². The van der Waals surface area contributed by atoms with Gasteiger partial charge in [-0.25, -0.2) is 4.39 Å². The number of halogens is 1. The van der Waals surface area contributed by atoms with Gasteiger partial charge in [0.25, 0.3) is 5.91 Å². The smallest absolute Gasteiger partial charge is 0.274 e. The fourth-order valence-electron chi connectivity index (χ4n) is 3.35. The Kier molecular flexibility index (Phi) is 4.53. The molecule has 2 aromatic rings. The lowest BCUT2D eigenvalue weighted by atomic mass is 10.0. The summed E-state index contributed by atoms with van der Waals surface area (Å²) in [6.07, 6.45) is 3.95. The minimum absolute atomic E-state index is 0.0700. The number of aromatic nitrogens is 2. The molecule has 0 unspecified atom stereocenters. The molecule has 2 heterocycles. The topological polar surface area (TPSA) is 58.2 Å². The maximum atomic E-state index is 13.2. The van der Waals surface area contributed by atoms with Crippen LogP contribution in [0.1, 0.15) is 53.3 Å². The van der Waals surface area contributed by atoms with Crippen molar-refractivity contribution in [2.75, 3.05) is 13.2 Å². The number of nitrogens with one attached hydrogen (secondary N) is 1. The zero-order chi connectivity index (χ0) is 17.2. The van der Waals surface area contributed by atoms with E-state index < -0.39 is 0 Å². The summed E-state index contributed by atoms with van der Waals surface area (Å²) in [6, 6.07) is 8.33. The molecule has 132 valence electrons. The van der Waals surface area contributed by atoms with Crippen molar-refractivity contribution in [1.29, 1.82) is 0 Å². The van der Waals surface area contributed by atoms with Gasteiger partial charge in [-0.15, -0.1) is 0 Å². The van der Waals surface area contributed by atoms with Gasteiger partial charge in [0, 0.05) is 37.4 Å². The van der Waals surface area contributed by atoms with Crippen LogP contribution in [0.4, 0.5) is 4.39 Å². The van der Waals surface area contributed by atoms with E-state index in [4.69, 9.17) is 4.74 Å². The second-order valence-electron chi connectivity index (χ2n) is 6.89. The molecule has 2 fully saturated rings. The Hall–Kier alpha value is -2.21. The van der Waals surface area contributed by atoms with Crippen LogP contribution in [0.5, 0.6) is 0 Å². The Morgan fingerprint density at radius 1 is 1.20 bits per heavy atom. The van der Waals surface area contributed by atoms with Gasteiger partial charge in [-0.2, -0.15) is 5.10 Å². The normalized spacial score (nSPS) is 18.3. The molecule has 1 aliphatic carbocycles. The highest BCUT2D eigenvalue weighted by molar-refractivity contribution is 5.92. The fourth-order valence-corrected chi connectivity index (χ4v) is 3.35. The Morgan fingerprint density at radius 3 is 2.60 bits per heavy atom. The number of benzene rings is 1. The first-order valence-electron chi connectivity index (χ1n) is 8.89. The summed E-state index contributed by atoms with van der Waals surface area (Å²) in [6.45, 7) is 1.77. The Bertz CT molecular complexity index is 733. The summed E-state index contributed by atoms with van der Waals surface area (Å²) >= 11 is 0. The zero-order valence-electron chi connectivity index (χ0n) is 14.1. The third-order valence-electron chi connectivity index (χ3n) is 4.99. The van der Waals surface area contributed by atoms with Gasteiger partial charge in [0.05, 0.1) is 0 Å². The molecule has 5 nitrogen and oxygen atoms in total. The van der Waals surface area contributed by atoms with E-state index >= 15 is 0 Å². The van der Waals surface area contributed by atoms with Crippen LogP contribution >= 0.6 is 0 Å². The van der Waals surface area contributed by atoms with Crippen molar-refractivity contribution in [2.24, 2.45) is 0 Å². The summed E-state index contributed by atoms with van der Waals surface area (Å²) < 4.78 is 18.6. The Balaban J connectivity index is 1.56. The average molecular weight is 343 g/mol. The van der Waals surface area contributed by atoms with Gasteiger partial charge in [-0.1, -0.05) is 12.1 Å². The molecule has 0 spiro atoms. The molecular weight excluding hydrogens is 321 g/mol. The van der Waals surface area contributed by atoms with Crippen molar-refractivity contribution >= 4 is 5.91 Å². The van der Waals surface area contributed by atoms with Gasteiger partial charge >= 0.3 is 0 Å². The molecule has 1 saturated carbocycles. The third-order valence-corrected chi connectivity index (χ3v) is 4.99. The fraction of sp³-hybridized carbons (Fsp3) is 0.474. The van der Waals surface area contributed by atoms with Crippen LogP contribution < -0.4 is 0 Å². The van der Waals surface area contributed by atoms with Gasteiger partial charge in [0.1, 0.15) is 11.5 Å². The highest BCUT2D eigenvalue weighted by Crippen LogP contribution is 2.39. The lowest BCUT2D eigenvalue weighted by Crippen LogP contribution is -2.43. The van der Waals surface area contributed by atoms with Gasteiger partial charge in [0.2, 0.25) is 0 Å². The number of hydrogen-bond acceptors (Lipinski definition) is 3. The van der Waals surface area contributed by atoms with Crippen LogP contribution in [0.2, 0.25) is 0 Å². The standard InChI is InChI=1S/C19H22FN3O2/c20-15-5-1-13(2-6-15)12-23(16-7-9-25-10-8-16)19(24)18-11-17(21-22-18)14-3-4-14/h1-2,5-6,11,14,16H,3-4,7-10,12H2,(H,21,22). The quantitative estimate of drug-likeness (QED) is 0.907. The van der Waals surface area contributed by atoms with E-state index in [2.05, 4.69) is 10.2 Å². The predicted molar refractivity (Wildman–Crippen MR) is 90.7 cm³/mol. The number of carbonyl (C=O) groups excluding carboxylic acids is 1. The Labute approximate surface area is 146 Å². The van der Waals surface area contributed by atoms with Crippen LogP contribution in [-0.4, -0.2) is 40.3 Å². The monoisotopic (exact) mass is 343 g/mol. The number of ether oxygens (including phenoxy) is 1. The van der Waals surface area contributed by atoms with Crippen LogP contribution in [0.3, 0.4) is 0 Å². The molecule has 0 radical (unpaired) electrons. The second-order valence-corrected chi connectivity index (χ2v) is 6.89. The molecule has 1 amide bonds. The van der Waals surface area contributed by atoms with Crippen molar-refractivity contribution in [3.05, 3.63) is 53.1 Å². The minimum atomic E-state index is -0.269. The molecule has 1 aromatic heterocycles. The predicted octanol–water partition coefficient (Wildman–Crippen LogP) is 3.25. The highest BCUT2D eigenvalue weighted by Gasteiger charge is 2.30. The molecule has 4 rings (SSSR count). The third kappa shape index (κ3) is 3.74. The summed E-state index contributed by atoms with van der Waals surface area (Å²) in [4.78, 5) is 15.0. The molecule has 0 atom stereocenters. The molecule has 1 saturated heterocycles. The summed E-state index contributed by atoms with van der Waals surface area (Å²) in [5.41, 5.74) is 2.44. The van der Waals surface area contributed by atoms with Crippen molar-refractivity contribution in [1.82, 2.24) is 15.1 Å². The van der Waals surface area contributed by atoms with Crippen LogP contribution in [-0.2, 0) is 11.3 Å². The second kappa shape index (κ2) is 6.96. The van der Waals surface area contributed by atoms with Crippen molar-refractivity contribution < 1.29 is 13.9 Å². The van der Waals surface area contributed by atoms with Gasteiger partial charge in [0.15, 0.2) is 0 Å². The number of amides is 1. The van der Waals surface area contributed by atoms with E-state index in [1.165, 1.54) is 12.1 Å². The van der Waals surface area contributed by atoms with E-state index in [0.717, 1.165) is 36.9 Å². The molecular formula is C19H22FN3O2. The maximum absolute atomic E-state index is 13.2. The van der Waals surface area contributed by atoms with Gasteiger partial charge in [-0.3, -0.25) is 9.89 Å². The first kappa shape index (κ1) is 16.3. The number of hydrogen-bond donors (Lipinski definition) is 1. The first-order valence-corrected chi connectivity index (χ1v) is 8.89. The van der Waals surface area contributed by atoms with Crippen molar-refractivity contribution in [3.63, 3.8) is 0 Å². The average Bonchev–Trinajstić information content (AvgIpc) is 3.38. The lowest BCUT2D eigenvalue weighted by molar-refractivity contribution is 0.0264. The number of carbonyl (C=O) groups is 1. The first-order chi connectivity index (χ1) is 12.2. The van der Waals surface area contributed by atoms with Crippen molar-refractivity contribution in [3.8, 4) is 0 Å². The molecule has 0 bridgehead atoms.